The summed E-state index contributed by atoms with van der Waals surface area (Å²) in [5.74, 6) is 0. The first-order valence-electron chi connectivity index (χ1n) is 7.04. The third-order valence-electron chi connectivity index (χ3n) is 3.41. The van der Waals surface area contributed by atoms with Gasteiger partial charge in [0.05, 0.1) is 5.69 Å². The number of aromatic nitrogens is 1. The number of pyridine rings is 1. The van der Waals surface area contributed by atoms with Crippen molar-refractivity contribution in [3.63, 3.8) is 0 Å². The van der Waals surface area contributed by atoms with E-state index in [4.69, 9.17) is 0 Å². The zero-order valence-corrected chi connectivity index (χ0v) is 11.8. The van der Waals surface area contributed by atoms with Crippen molar-refractivity contribution in [2.24, 2.45) is 0 Å². The number of hydrogen-bond acceptors (Lipinski definition) is 3. The second kappa shape index (κ2) is 6.30. The monoisotopic (exact) mass is 247 g/mol. The standard InChI is InChI=1S/C15H25N3/c1-12(2)16-14-8-5-9-18(10-14)11-15-7-4-6-13(3)17-15/h4,6-7,12,14,16H,5,8-11H2,1-3H3. The predicted molar refractivity (Wildman–Crippen MR) is 75.5 cm³/mol. The number of nitrogens with one attached hydrogen (secondary N) is 1. The van der Waals surface area contributed by atoms with E-state index in [1.807, 2.05) is 0 Å². The zero-order chi connectivity index (χ0) is 13.0. The lowest BCUT2D eigenvalue weighted by atomic mass is 10.0. The highest BCUT2D eigenvalue weighted by molar-refractivity contribution is 5.09. The van der Waals surface area contributed by atoms with E-state index in [0.717, 1.165) is 18.8 Å². The van der Waals surface area contributed by atoms with Crippen LogP contribution in [-0.2, 0) is 6.54 Å². The van der Waals surface area contributed by atoms with Gasteiger partial charge in [-0.25, -0.2) is 0 Å². The van der Waals surface area contributed by atoms with Crippen LogP contribution in [0.15, 0.2) is 18.2 Å². The van der Waals surface area contributed by atoms with Crippen LogP contribution in [0.25, 0.3) is 0 Å². The molecule has 1 aliphatic rings. The first kappa shape index (κ1) is 13.5. The Morgan fingerprint density at radius 3 is 3.00 bits per heavy atom. The molecular formula is C15H25N3. The molecule has 1 aliphatic heterocycles. The fourth-order valence-electron chi connectivity index (χ4n) is 2.72. The summed E-state index contributed by atoms with van der Waals surface area (Å²) in [5, 5.41) is 3.65. The highest BCUT2D eigenvalue weighted by Crippen LogP contribution is 2.13. The Hall–Kier alpha value is -0.930. The van der Waals surface area contributed by atoms with Crippen molar-refractivity contribution >= 4 is 0 Å². The maximum atomic E-state index is 4.59. The predicted octanol–water partition coefficient (Wildman–Crippen LogP) is 2.35. The van der Waals surface area contributed by atoms with E-state index in [2.05, 4.69) is 54.2 Å². The van der Waals surface area contributed by atoms with Crippen LogP contribution in [-0.4, -0.2) is 35.1 Å². The van der Waals surface area contributed by atoms with Crippen LogP contribution in [0.4, 0.5) is 0 Å². The van der Waals surface area contributed by atoms with E-state index in [9.17, 15) is 0 Å². The molecule has 0 spiro atoms. The molecule has 1 unspecified atom stereocenters. The Morgan fingerprint density at radius 1 is 1.44 bits per heavy atom. The molecule has 3 nitrogen and oxygen atoms in total. The summed E-state index contributed by atoms with van der Waals surface area (Å²) >= 11 is 0. The summed E-state index contributed by atoms with van der Waals surface area (Å²) in [6.07, 6.45) is 2.59. The normalized spacial score (nSPS) is 21.4. The van der Waals surface area contributed by atoms with Crippen molar-refractivity contribution in [2.45, 2.75) is 52.2 Å². The minimum atomic E-state index is 0.576. The Morgan fingerprint density at radius 2 is 2.28 bits per heavy atom. The molecular weight excluding hydrogens is 222 g/mol. The summed E-state index contributed by atoms with van der Waals surface area (Å²) in [7, 11) is 0. The number of aryl methyl sites for hydroxylation is 1. The molecule has 100 valence electrons. The lowest BCUT2D eigenvalue weighted by Crippen LogP contribution is -2.47. The molecule has 3 heteroatoms. The molecule has 1 aromatic rings. The number of rotatable bonds is 4. The van der Waals surface area contributed by atoms with Crippen molar-refractivity contribution in [1.82, 2.24) is 15.2 Å². The Kier molecular flexibility index (Phi) is 4.72. The van der Waals surface area contributed by atoms with Gasteiger partial charge in [-0.15, -0.1) is 0 Å². The van der Waals surface area contributed by atoms with Gasteiger partial charge in [0.2, 0.25) is 0 Å². The van der Waals surface area contributed by atoms with Gasteiger partial charge >= 0.3 is 0 Å². The minimum absolute atomic E-state index is 0.576. The van der Waals surface area contributed by atoms with Gasteiger partial charge in [0.25, 0.3) is 0 Å². The quantitative estimate of drug-likeness (QED) is 0.885. The fraction of sp³-hybridized carbons (Fsp3) is 0.667. The third kappa shape index (κ3) is 4.07. The maximum absolute atomic E-state index is 4.59. The van der Waals surface area contributed by atoms with E-state index < -0.39 is 0 Å². The Labute approximate surface area is 111 Å². The lowest BCUT2D eigenvalue weighted by molar-refractivity contribution is 0.177. The molecule has 1 N–H and O–H groups in total. The molecule has 1 atom stereocenters. The second-order valence-electron chi connectivity index (χ2n) is 5.67. The zero-order valence-electron chi connectivity index (χ0n) is 11.8. The van der Waals surface area contributed by atoms with E-state index >= 15 is 0 Å². The van der Waals surface area contributed by atoms with Crippen molar-refractivity contribution in [2.75, 3.05) is 13.1 Å². The van der Waals surface area contributed by atoms with E-state index in [0.29, 0.717) is 12.1 Å². The van der Waals surface area contributed by atoms with Crippen molar-refractivity contribution in [3.8, 4) is 0 Å². The average Bonchev–Trinajstić information content (AvgIpc) is 2.28. The largest absolute Gasteiger partial charge is 0.311 e. The Bertz CT molecular complexity index is 376. The van der Waals surface area contributed by atoms with Crippen molar-refractivity contribution in [1.29, 1.82) is 0 Å². The van der Waals surface area contributed by atoms with Gasteiger partial charge in [-0.3, -0.25) is 9.88 Å². The van der Waals surface area contributed by atoms with Crippen LogP contribution in [0.5, 0.6) is 0 Å². The molecule has 2 rings (SSSR count). The number of likely N-dealkylation sites (tertiary alicyclic amines) is 1. The van der Waals surface area contributed by atoms with E-state index in [1.165, 1.54) is 25.1 Å². The van der Waals surface area contributed by atoms with E-state index in [1.54, 1.807) is 0 Å². The second-order valence-corrected chi connectivity index (χ2v) is 5.67. The van der Waals surface area contributed by atoms with Gasteiger partial charge in [-0.05, 0) is 38.4 Å². The summed E-state index contributed by atoms with van der Waals surface area (Å²) in [6.45, 7) is 9.84. The van der Waals surface area contributed by atoms with Crippen molar-refractivity contribution in [3.05, 3.63) is 29.6 Å². The summed E-state index contributed by atoms with van der Waals surface area (Å²) in [5.41, 5.74) is 2.31. The highest BCUT2D eigenvalue weighted by Gasteiger charge is 2.20. The topological polar surface area (TPSA) is 28.2 Å². The maximum Gasteiger partial charge on any atom is 0.0547 e. The molecule has 1 fully saturated rings. The van der Waals surface area contributed by atoms with Crippen LogP contribution in [0.2, 0.25) is 0 Å². The molecule has 2 heterocycles. The molecule has 0 amide bonds. The minimum Gasteiger partial charge on any atom is -0.311 e. The molecule has 0 radical (unpaired) electrons. The first-order valence-corrected chi connectivity index (χ1v) is 7.04. The molecule has 0 bridgehead atoms. The van der Waals surface area contributed by atoms with Crippen LogP contribution >= 0.6 is 0 Å². The van der Waals surface area contributed by atoms with Gasteiger partial charge in [0.1, 0.15) is 0 Å². The molecule has 18 heavy (non-hydrogen) atoms. The molecule has 0 aliphatic carbocycles. The summed E-state index contributed by atoms with van der Waals surface area (Å²) < 4.78 is 0. The summed E-state index contributed by atoms with van der Waals surface area (Å²) in [4.78, 5) is 7.11. The number of hydrogen-bond donors (Lipinski definition) is 1. The molecule has 0 aromatic carbocycles. The number of nitrogens with zero attached hydrogens (tertiary/aromatic N) is 2. The molecule has 1 saturated heterocycles. The third-order valence-corrected chi connectivity index (χ3v) is 3.41. The van der Waals surface area contributed by atoms with Crippen LogP contribution in [0, 0.1) is 6.92 Å². The van der Waals surface area contributed by atoms with Crippen molar-refractivity contribution < 1.29 is 0 Å². The number of piperidine rings is 1. The fourth-order valence-corrected chi connectivity index (χ4v) is 2.72. The lowest BCUT2D eigenvalue weighted by Gasteiger charge is -2.34. The highest BCUT2D eigenvalue weighted by atomic mass is 15.2. The average molecular weight is 247 g/mol. The summed E-state index contributed by atoms with van der Waals surface area (Å²) in [6, 6.07) is 7.51. The van der Waals surface area contributed by atoms with Crippen LogP contribution < -0.4 is 5.32 Å². The van der Waals surface area contributed by atoms with Gasteiger partial charge in [-0.2, -0.15) is 0 Å². The van der Waals surface area contributed by atoms with E-state index in [-0.39, 0.29) is 0 Å². The van der Waals surface area contributed by atoms with Gasteiger partial charge in [0, 0.05) is 30.9 Å². The molecule has 0 saturated carbocycles. The first-order chi connectivity index (χ1) is 8.63. The van der Waals surface area contributed by atoms with Gasteiger partial charge in [0.15, 0.2) is 0 Å². The Balaban J connectivity index is 1.89. The van der Waals surface area contributed by atoms with Gasteiger partial charge in [-0.1, -0.05) is 19.9 Å². The van der Waals surface area contributed by atoms with Gasteiger partial charge < -0.3 is 5.32 Å². The van der Waals surface area contributed by atoms with Crippen LogP contribution in [0.1, 0.15) is 38.1 Å². The van der Waals surface area contributed by atoms with Crippen LogP contribution in [0.3, 0.4) is 0 Å². The smallest absolute Gasteiger partial charge is 0.0547 e. The molecule has 1 aromatic heterocycles. The SMILES string of the molecule is Cc1cccc(CN2CCCC(NC(C)C)C2)n1.